The Labute approximate surface area is 114 Å². The van der Waals surface area contributed by atoms with Crippen LogP contribution in [-0.2, 0) is 11.3 Å². The molecule has 96 valence electrons. The summed E-state index contributed by atoms with van der Waals surface area (Å²) in [5.74, 6) is 0. The van der Waals surface area contributed by atoms with E-state index in [1.165, 1.54) is 0 Å². The van der Waals surface area contributed by atoms with E-state index in [1.54, 1.807) is 42.5 Å². The quantitative estimate of drug-likeness (QED) is 0.914. The van der Waals surface area contributed by atoms with Gasteiger partial charge in [-0.3, -0.25) is 9.67 Å². The zero-order chi connectivity index (χ0) is 13.0. The van der Waals surface area contributed by atoms with Gasteiger partial charge in [0.05, 0.1) is 29.5 Å². The molecule has 0 fully saturated rings. The monoisotopic (exact) mass is 311 g/mol. The highest BCUT2D eigenvalue weighted by Crippen LogP contribution is 2.28. The summed E-state index contributed by atoms with van der Waals surface area (Å²) in [5, 5.41) is 14.6. The first-order valence-electron chi connectivity index (χ1n) is 5.52. The maximum atomic E-state index is 10.4. The van der Waals surface area contributed by atoms with Crippen molar-refractivity contribution in [1.29, 1.82) is 0 Å². The lowest BCUT2D eigenvalue weighted by atomic mass is 10.1. The topological polar surface area (TPSA) is 60.2 Å². The van der Waals surface area contributed by atoms with Crippen molar-refractivity contribution in [3.05, 3.63) is 46.5 Å². The van der Waals surface area contributed by atoms with Crippen molar-refractivity contribution < 1.29 is 9.84 Å². The van der Waals surface area contributed by atoms with Gasteiger partial charge in [-0.05, 0) is 33.6 Å². The first-order valence-corrected chi connectivity index (χ1v) is 6.31. The Balaban J connectivity index is 2.29. The van der Waals surface area contributed by atoms with E-state index in [-0.39, 0.29) is 0 Å². The summed E-state index contributed by atoms with van der Waals surface area (Å²) in [6.45, 7) is 1.14. The zero-order valence-electron chi connectivity index (χ0n) is 9.95. The highest BCUT2D eigenvalue weighted by Gasteiger charge is 2.19. The van der Waals surface area contributed by atoms with Crippen molar-refractivity contribution in [1.82, 2.24) is 14.8 Å². The molecule has 0 saturated heterocycles. The molecular formula is C12H14BrN3O2. The largest absolute Gasteiger partial charge is 0.383 e. The summed E-state index contributed by atoms with van der Waals surface area (Å²) in [4.78, 5) is 3.94. The lowest BCUT2D eigenvalue weighted by molar-refractivity contribution is 0.171. The van der Waals surface area contributed by atoms with Crippen LogP contribution in [0.4, 0.5) is 0 Å². The van der Waals surface area contributed by atoms with Crippen LogP contribution in [0.5, 0.6) is 0 Å². The lowest BCUT2D eigenvalue weighted by Crippen LogP contribution is -2.13. The number of ether oxygens (including phenoxy) is 1. The van der Waals surface area contributed by atoms with Gasteiger partial charge in [0.2, 0.25) is 0 Å². The average molecular weight is 312 g/mol. The average Bonchev–Trinajstić information content (AvgIpc) is 2.77. The van der Waals surface area contributed by atoms with Crippen LogP contribution in [-0.4, -0.2) is 33.6 Å². The predicted molar refractivity (Wildman–Crippen MR) is 70.1 cm³/mol. The molecule has 1 unspecified atom stereocenters. The Kier molecular flexibility index (Phi) is 4.46. The summed E-state index contributed by atoms with van der Waals surface area (Å²) < 4.78 is 7.54. The Hall–Kier alpha value is -1.24. The highest BCUT2D eigenvalue weighted by atomic mass is 79.9. The minimum Gasteiger partial charge on any atom is -0.383 e. The van der Waals surface area contributed by atoms with E-state index < -0.39 is 6.10 Å². The number of aliphatic hydroxyl groups is 1. The van der Waals surface area contributed by atoms with Crippen LogP contribution >= 0.6 is 15.9 Å². The van der Waals surface area contributed by atoms with Gasteiger partial charge in [-0.25, -0.2) is 0 Å². The van der Waals surface area contributed by atoms with Crippen molar-refractivity contribution in [2.45, 2.75) is 12.6 Å². The van der Waals surface area contributed by atoms with E-state index in [0.29, 0.717) is 13.2 Å². The second-order valence-corrected chi connectivity index (χ2v) is 4.63. The van der Waals surface area contributed by atoms with Crippen LogP contribution in [0, 0.1) is 0 Å². The van der Waals surface area contributed by atoms with Gasteiger partial charge in [0, 0.05) is 19.5 Å². The first-order chi connectivity index (χ1) is 8.74. The second-order valence-electron chi connectivity index (χ2n) is 3.78. The Bertz CT molecular complexity index is 501. The van der Waals surface area contributed by atoms with Crippen LogP contribution in [0.15, 0.2) is 35.2 Å². The summed E-state index contributed by atoms with van der Waals surface area (Å²) in [5.41, 5.74) is 1.50. The second kappa shape index (κ2) is 6.08. The molecular weight excluding hydrogens is 298 g/mol. The molecule has 0 aromatic carbocycles. The van der Waals surface area contributed by atoms with E-state index in [1.807, 2.05) is 0 Å². The molecule has 0 saturated carbocycles. The van der Waals surface area contributed by atoms with Crippen LogP contribution < -0.4 is 0 Å². The molecule has 2 aromatic rings. The SMILES string of the molecule is COCCn1ncc(Br)c1C(O)c1ccncc1. The van der Waals surface area contributed by atoms with Crippen LogP contribution in [0.1, 0.15) is 17.4 Å². The van der Waals surface area contributed by atoms with Gasteiger partial charge in [-0.15, -0.1) is 0 Å². The maximum Gasteiger partial charge on any atom is 0.122 e. The van der Waals surface area contributed by atoms with Crippen molar-refractivity contribution in [2.75, 3.05) is 13.7 Å². The Morgan fingerprint density at radius 3 is 2.83 bits per heavy atom. The van der Waals surface area contributed by atoms with Crippen LogP contribution in [0.3, 0.4) is 0 Å². The number of rotatable bonds is 5. The number of methoxy groups -OCH3 is 1. The summed E-state index contributed by atoms with van der Waals surface area (Å²) >= 11 is 3.41. The van der Waals surface area contributed by atoms with E-state index in [0.717, 1.165) is 15.7 Å². The minimum atomic E-state index is -0.735. The molecule has 0 aliphatic carbocycles. The molecule has 0 radical (unpaired) electrons. The Morgan fingerprint density at radius 1 is 1.44 bits per heavy atom. The molecule has 0 bridgehead atoms. The number of aliphatic hydroxyl groups excluding tert-OH is 1. The minimum absolute atomic E-state index is 0.546. The van der Waals surface area contributed by atoms with Crippen molar-refractivity contribution in [3.63, 3.8) is 0 Å². The summed E-state index contributed by atoms with van der Waals surface area (Å²) in [6, 6.07) is 3.57. The molecule has 2 heterocycles. The third-order valence-electron chi connectivity index (χ3n) is 2.62. The number of hydrogen-bond donors (Lipinski definition) is 1. The Morgan fingerprint density at radius 2 is 2.17 bits per heavy atom. The lowest BCUT2D eigenvalue weighted by Gasteiger charge is -2.14. The molecule has 0 aliphatic rings. The summed E-state index contributed by atoms with van der Waals surface area (Å²) in [7, 11) is 1.64. The van der Waals surface area contributed by atoms with Crippen molar-refractivity contribution >= 4 is 15.9 Å². The van der Waals surface area contributed by atoms with Gasteiger partial charge in [-0.1, -0.05) is 0 Å². The smallest absolute Gasteiger partial charge is 0.122 e. The molecule has 5 nitrogen and oxygen atoms in total. The number of halogens is 1. The number of aromatic nitrogens is 3. The molecule has 0 amide bonds. The normalized spacial score (nSPS) is 12.6. The third-order valence-corrected chi connectivity index (χ3v) is 3.23. The fourth-order valence-corrected chi connectivity index (χ4v) is 2.22. The molecule has 0 spiro atoms. The zero-order valence-corrected chi connectivity index (χ0v) is 11.5. The fourth-order valence-electron chi connectivity index (χ4n) is 1.70. The standard InChI is InChI=1S/C12H14BrN3O2/c1-18-7-6-16-11(10(13)8-15-16)12(17)9-2-4-14-5-3-9/h2-5,8,12,17H,6-7H2,1H3. The van der Waals surface area contributed by atoms with Gasteiger partial charge in [0.1, 0.15) is 6.10 Å². The van der Waals surface area contributed by atoms with Crippen molar-refractivity contribution in [2.24, 2.45) is 0 Å². The van der Waals surface area contributed by atoms with Gasteiger partial charge in [0.15, 0.2) is 0 Å². The predicted octanol–water partition coefficient (Wildman–Crippen LogP) is 1.77. The number of hydrogen-bond acceptors (Lipinski definition) is 4. The van der Waals surface area contributed by atoms with E-state index >= 15 is 0 Å². The number of pyridine rings is 1. The van der Waals surface area contributed by atoms with Crippen LogP contribution in [0.2, 0.25) is 0 Å². The third kappa shape index (κ3) is 2.77. The van der Waals surface area contributed by atoms with E-state index in [9.17, 15) is 5.11 Å². The van der Waals surface area contributed by atoms with E-state index in [2.05, 4.69) is 26.0 Å². The first kappa shape index (κ1) is 13.2. The van der Waals surface area contributed by atoms with Crippen molar-refractivity contribution in [3.8, 4) is 0 Å². The molecule has 2 rings (SSSR count). The van der Waals surface area contributed by atoms with Gasteiger partial charge in [0.25, 0.3) is 0 Å². The van der Waals surface area contributed by atoms with E-state index in [4.69, 9.17) is 4.74 Å². The molecule has 1 atom stereocenters. The van der Waals surface area contributed by atoms with Gasteiger partial charge < -0.3 is 9.84 Å². The van der Waals surface area contributed by atoms with Crippen LogP contribution in [0.25, 0.3) is 0 Å². The summed E-state index contributed by atoms with van der Waals surface area (Å²) in [6.07, 6.45) is 4.25. The fraction of sp³-hybridized carbons (Fsp3) is 0.333. The maximum absolute atomic E-state index is 10.4. The molecule has 18 heavy (non-hydrogen) atoms. The molecule has 6 heteroatoms. The molecule has 0 aliphatic heterocycles. The highest BCUT2D eigenvalue weighted by molar-refractivity contribution is 9.10. The molecule has 2 aromatic heterocycles. The molecule has 1 N–H and O–H groups in total. The van der Waals surface area contributed by atoms with Gasteiger partial charge >= 0.3 is 0 Å². The number of nitrogens with zero attached hydrogens (tertiary/aromatic N) is 3. The van der Waals surface area contributed by atoms with Gasteiger partial charge in [-0.2, -0.15) is 5.10 Å².